The van der Waals surface area contributed by atoms with E-state index in [9.17, 15) is 0 Å². The Morgan fingerprint density at radius 1 is 0.406 bits per heavy atom. The van der Waals surface area contributed by atoms with Gasteiger partial charge in [0, 0.05) is 10.9 Å². The molecule has 1 nitrogen and oxygen atoms in total. The SMILES string of the molecule is c1ccc(-c2ccc(-c3cc(-c4ccc5ccccc5n4)cc4ccccc34)cc2)cc1. The maximum Gasteiger partial charge on any atom is 0.0710 e. The standard InChI is InChI=1S/C31H21N/c1-2-8-22(9-3-1)23-14-16-24(17-15-23)29-21-27(20-26-11-4-6-12-28(26)29)31-19-18-25-10-5-7-13-30(25)32-31/h1-21H. The first-order chi connectivity index (χ1) is 15.8. The topological polar surface area (TPSA) is 12.9 Å². The van der Waals surface area contributed by atoms with E-state index in [1.165, 1.54) is 33.0 Å². The first kappa shape index (κ1) is 18.5. The van der Waals surface area contributed by atoms with Crippen molar-refractivity contribution in [1.82, 2.24) is 4.98 Å². The van der Waals surface area contributed by atoms with E-state index in [0.717, 1.165) is 22.2 Å². The van der Waals surface area contributed by atoms with Crippen LogP contribution in [-0.4, -0.2) is 4.98 Å². The number of benzene rings is 5. The Balaban J connectivity index is 1.50. The van der Waals surface area contributed by atoms with Crippen molar-refractivity contribution in [2.75, 3.05) is 0 Å². The van der Waals surface area contributed by atoms with Crippen LogP contribution < -0.4 is 0 Å². The second-order valence-corrected chi connectivity index (χ2v) is 8.08. The second-order valence-electron chi connectivity index (χ2n) is 8.08. The van der Waals surface area contributed by atoms with E-state index < -0.39 is 0 Å². The van der Waals surface area contributed by atoms with Crippen LogP contribution in [0.15, 0.2) is 127 Å². The van der Waals surface area contributed by atoms with E-state index in [-0.39, 0.29) is 0 Å². The third-order valence-electron chi connectivity index (χ3n) is 6.06. The Morgan fingerprint density at radius 2 is 1.06 bits per heavy atom. The van der Waals surface area contributed by atoms with Crippen molar-refractivity contribution < 1.29 is 0 Å². The van der Waals surface area contributed by atoms with Gasteiger partial charge in [0.1, 0.15) is 0 Å². The summed E-state index contributed by atoms with van der Waals surface area (Å²) in [6.07, 6.45) is 0. The zero-order valence-corrected chi connectivity index (χ0v) is 17.6. The highest BCUT2D eigenvalue weighted by Crippen LogP contribution is 2.35. The molecule has 32 heavy (non-hydrogen) atoms. The second kappa shape index (κ2) is 7.79. The van der Waals surface area contributed by atoms with Gasteiger partial charge < -0.3 is 0 Å². The van der Waals surface area contributed by atoms with Crippen LogP contribution in [0.4, 0.5) is 0 Å². The van der Waals surface area contributed by atoms with Gasteiger partial charge in [0.2, 0.25) is 0 Å². The van der Waals surface area contributed by atoms with Gasteiger partial charge in [0.15, 0.2) is 0 Å². The zero-order valence-electron chi connectivity index (χ0n) is 17.6. The molecule has 0 fully saturated rings. The summed E-state index contributed by atoms with van der Waals surface area (Å²) in [5.41, 5.74) is 8.06. The van der Waals surface area contributed by atoms with Crippen LogP contribution >= 0.6 is 0 Å². The molecule has 1 heterocycles. The van der Waals surface area contributed by atoms with Crippen LogP contribution in [0.1, 0.15) is 0 Å². The average molecular weight is 408 g/mol. The molecular weight excluding hydrogens is 386 g/mol. The lowest BCUT2D eigenvalue weighted by atomic mass is 9.93. The summed E-state index contributed by atoms with van der Waals surface area (Å²) in [6, 6.07) is 45.0. The summed E-state index contributed by atoms with van der Waals surface area (Å²) in [5.74, 6) is 0. The largest absolute Gasteiger partial charge is 0.248 e. The highest BCUT2D eigenvalue weighted by Gasteiger charge is 2.10. The number of hydrogen-bond donors (Lipinski definition) is 0. The van der Waals surface area contributed by atoms with Gasteiger partial charge in [-0.2, -0.15) is 0 Å². The molecule has 0 aliphatic carbocycles. The summed E-state index contributed by atoms with van der Waals surface area (Å²) < 4.78 is 0. The molecule has 0 bridgehead atoms. The molecule has 5 aromatic carbocycles. The van der Waals surface area contributed by atoms with Crippen molar-refractivity contribution in [2.45, 2.75) is 0 Å². The normalized spacial score (nSPS) is 11.1. The number of rotatable bonds is 3. The van der Waals surface area contributed by atoms with Crippen molar-refractivity contribution in [2.24, 2.45) is 0 Å². The molecule has 1 heteroatoms. The Hall–Kier alpha value is -4.23. The third-order valence-corrected chi connectivity index (χ3v) is 6.06. The number of pyridine rings is 1. The van der Waals surface area contributed by atoms with Gasteiger partial charge in [0.25, 0.3) is 0 Å². The minimum atomic E-state index is 0.997. The van der Waals surface area contributed by atoms with Crippen LogP contribution in [0.3, 0.4) is 0 Å². The van der Waals surface area contributed by atoms with Crippen molar-refractivity contribution in [3.63, 3.8) is 0 Å². The summed E-state index contributed by atoms with van der Waals surface area (Å²) >= 11 is 0. The minimum absolute atomic E-state index is 0.997. The van der Waals surface area contributed by atoms with Crippen LogP contribution in [0, 0.1) is 0 Å². The van der Waals surface area contributed by atoms with Crippen molar-refractivity contribution >= 4 is 21.7 Å². The lowest BCUT2D eigenvalue weighted by Gasteiger charge is -2.12. The number of nitrogens with zero attached hydrogens (tertiary/aromatic N) is 1. The molecule has 0 saturated carbocycles. The number of para-hydroxylation sites is 1. The van der Waals surface area contributed by atoms with Crippen LogP contribution in [0.25, 0.3) is 55.2 Å². The van der Waals surface area contributed by atoms with E-state index in [1.807, 2.05) is 6.07 Å². The van der Waals surface area contributed by atoms with Crippen LogP contribution in [0.5, 0.6) is 0 Å². The third kappa shape index (κ3) is 3.34. The first-order valence-corrected chi connectivity index (χ1v) is 10.9. The van der Waals surface area contributed by atoms with Gasteiger partial charge in [-0.05, 0) is 57.3 Å². The lowest BCUT2D eigenvalue weighted by molar-refractivity contribution is 1.40. The summed E-state index contributed by atoms with van der Waals surface area (Å²) in [7, 11) is 0. The molecule has 0 atom stereocenters. The Labute approximate surface area is 187 Å². The number of hydrogen-bond acceptors (Lipinski definition) is 1. The molecule has 0 unspecified atom stereocenters. The molecule has 0 radical (unpaired) electrons. The molecule has 0 spiro atoms. The lowest BCUT2D eigenvalue weighted by Crippen LogP contribution is -1.89. The first-order valence-electron chi connectivity index (χ1n) is 10.9. The highest BCUT2D eigenvalue weighted by atomic mass is 14.7. The summed E-state index contributed by atoms with van der Waals surface area (Å²) in [5, 5.41) is 3.64. The predicted octanol–water partition coefficient (Wildman–Crippen LogP) is 8.39. The van der Waals surface area contributed by atoms with Crippen LogP contribution in [0.2, 0.25) is 0 Å². The zero-order chi connectivity index (χ0) is 21.3. The monoisotopic (exact) mass is 407 g/mol. The Kier molecular flexibility index (Phi) is 4.51. The molecule has 1 aromatic heterocycles. The quantitative estimate of drug-likeness (QED) is 0.287. The van der Waals surface area contributed by atoms with Gasteiger partial charge in [-0.3, -0.25) is 0 Å². The maximum atomic E-state index is 4.94. The molecular formula is C31H21N. The van der Waals surface area contributed by atoms with Gasteiger partial charge in [-0.25, -0.2) is 4.98 Å². The molecule has 0 amide bonds. The minimum Gasteiger partial charge on any atom is -0.248 e. The van der Waals surface area contributed by atoms with Crippen molar-refractivity contribution in [3.05, 3.63) is 127 Å². The fraction of sp³-hybridized carbons (Fsp3) is 0. The summed E-state index contributed by atoms with van der Waals surface area (Å²) in [4.78, 5) is 4.94. The molecule has 0 N–H and O–H groups in total. The van der Waals surface area contributed by atoms with E-state index in [1.54, 1.807) is 0 Å². The Morgan fingerprint density at radius 3 is 1.91 bits per heavy atom. The van der Waals surface area contributed by atoms with E-state index >= 15 is 0 Å². The van der Waals surface area contributed by atoms with E-state index in [2.05, 4.69) is 121 Å². The van der Waals surface area contributed by atoms with Crippen LogP contribution in [-0.2, 0) is 0 Å². The van der Waals surface area contributed by atoms with E-state index in [0.29, 0.717) is 0 Å². The molecule has 0 saturated heterocycles. The fourth-order valence-corrected chi connectivity index (χ4v) is 4.40. The predicted molar refractivity (Wildman–Crippen MR) is 136 cm³/mol. The fourth-order valence-electron chi connectivity index (χ4n) is 4.40. The van der Waals surface area contributed by atoms with Gasteiger partial charge in [-0.1, -0.05) is 103 Å². The molecule has 150 valence electrons. The van der Waals surface area contributed by atoms with Gasteiger partial charge in [0.05, 0.1) is 11.2 Å². The summed E-state index contributed by atoms with van der Waals surface area (Å²) in [6.45, 7) is 0. The molecule has 6 aromatic rings. The molecule has 6 rings (SSSR count). The van der Waals surface area contributed by atoms with Crippen molar-refractivity contribution in [3.8, 4) is 33.5 Å². The van der Waals surface area contributed by atoms with Gasteiger partial charge in [-0.15, -0.1) is 0 Å². The maximum absolute atomic E-state index is 4.94. The number of fused-ring (bicyclic) bond motifs is 2. The van der Waals surface area contributed by atoms with Gasteiger partial charge >= 0.3 is 0 Å². The Bertz CT molecular complexity index is 1550. The number of aromatic nitrogens is 1. The van der Waals surface area contributed by atoms with Crippen molar-refractivity contribution in [1.29, 1.82) is 0 Å². The van der Waals surface area contributed by atoms with E-state index in [4.69, 9.17) is 4.98 Å². The highest BCUT2D eigenvalue weighted by molar-refractivity contribution is 6.00. The molecule has 0 aliphatic heterocycles. The molecule has 0 aliphatic rings. The average Bonchev–Trinajstić information content (AvgIpc) is 2.88. The smallest absolute Gasteiger partial charge is 0.0710 e.